The molecule has 3 atom stereocenters. The molecule has 0 aromatic rings. The summed E-state index contributed by atoms with van der Waals surface area (Å²) >= 11 is 0. The highest BCUT2D eigenvalue weighted by Crippen LogP contribution is 2.23. The summed E-state index contributed by atoms with van der Waals surface area (Å²) in [6.45, 7) is 5.43. The summed E-state index contributed by atoms with van der Waals surface area (Å²) in [5, 5.41) is 11.9. The maximum atomic E-state index is 11.3. The normalized spacial score (nSPS) is 26.2. The fourth-order valence-corrected chi connectivity index (χ4v) is 2.40. The summed E-state index contributed by atoms with van der Waals surface area (Å²) in [6.07, 6.45) is 2.97. The number of carbonyl (C=O) groups excluding carboxylic acids is 1. The van der Waals surface area contributed by atoms with Crippen LogP contribution in [0.25, 0.3) is 0 Å². The Morgan fingerprint density at radius 3 is 2.55 bits per heavy atom. The minimum absolute atomic E-state index is 0.0212. The van der Waals surface area contributed by atoms with Gasteiger partial charge in [0, 0.05) is 18.5 Å². The van der Waals surface area contributed by atoms with Crippen molar-refractivity contribution in [3.05, 3.63) is 11.6 Å². The van der Waals surface area contributed by atoms with E-state index in [-0.39, 0.29) is 24.0 Å². The third-order valence-corrected chi connectivity index (χ3v) is 3.54. The molecule has 0 fully saturated rings. The Bertz CT molecular complexity index is 391. The summed E-state index contributed by atoms with van der Waals surface area (Å²) in [4.78, 5) is 22.4. The minimum atomic E-state index is -0.986. The lowest BCUT2D eigenvalue weighted by Crippen LogP contribution is -2.57. The third kappa shape index (κ3) is 4.31. The van der Waals surface area contributed by atoms with Crippen molar-refractivity contribution in [1.82, 2.24) is 5.32 Å². The molecule has 0 aliphatic heterocycles. The number of carbonyl (C=O) groups is 2. The van der Waals surface area contributed by atoms with Gasteiger partial charge >= 0.3 is 5.97 Å². The Morgan fingerprint density at radius 2 is 2.10 bits per heavy atom. The van der Waals surface area contributed by atoms with Gasteiger partial charge in [-0.1, -0.05) is 13.8 Å². The van der Waals surface area contributed by atoms with Crippen LogP contribution in [0.2, 0.25) is 0 Å². The number of aliphatic carboxylic acids is 1. The molecule has 0 spiro atoms. The highest BCUT2D eigenvalue weighted by Gasteiger charge is 2.35. The van der Waals surface area contributed by atoms with Crippen LogP contribution in [0.1, 0.15) is 40.0 Å². The zero-order valence-electron chi connectivity index (χ0n) is 12.3. The van der Waals surface area contributed by atoms with Crippen molar-refractivity contribution >= 4 is 11.9 Å². The molecule has 20 heavy (non-hydrogen) atoms. The molecule has 1 amide bonds. The van der Waals surface area contributed by atoms with E-state index in [1.54, 1.807) is 6.08 Å². The summed E-state index contributed by atoms with van der Waals surface area (Å²) in [7, 11) is 0. The summed E-state index contributed by atoms with van der Waals surface area (Å²) in [5.74, 6) is -1.18. The van der Waals surface area contributed by atoms with Crippen molar-refractivity contribution in [1.29, 1.82) is 0 Å². The van der Waals surface area contributed by atoms with Crippen LogP contribution in [0.5, 0.6) is 0 Å². The second kappa shape index (κ2) is 7.40. The summed E-state index contributed by atoms with van der Waals surface area (Å²) < 4.78 is 5.92. The van der Waals surface area contributed by atoms with Gasteiger partial charge in [-0.05, 0) is 25.3 Å². The zero-order chi connectivity index (χ0) is 15.3. The quantitative estimate of drug-likeness (QED) is 0.670. The average Bonchev–Trinajstić information content (AvgIpc) is 2.38. The van der Waals surface area contributed by atoms with Crippen molar-refractivity contribution in [2.24, 2.45) is 5.73 Å². The van der Waals surface area contributed by atoms with Crippen LogP contribution in [0.15, 0.2) is 11.6 Å². The van der Waals surface area contributed by atoms with E-state index in [0.29, 0.717) is 0 Å². The van der Waals surface area contributed by atoms with Gasteiger partial charge in [0.15, 0.2) is 0 Å². The van der Waals surface area contributed by atoms with E-state index in [9.17, 15) is 9.59 Å². The Labute approximate surface area is 119 Å². The van der Waals surface area contributed by atoms with Crippen LogP contribution < -0.4 is 11.1 Å². The van der Waals surface area contributed by atoms with Crippen molar-refractivity contribution in [3.63, 3.8) is 0 Å². The van der Waals surface area contributed by atoms with E-state index in [1.165, 1.54) is 6.92 Å². The molecule has 0 saturated carbocycles. The van der Waals surface area contributed by atoms with Gasteiger partial charge in [0.05, 0.1) is 18.2 Å². The van der Waals surface area contributed by atoms with Gasteiger partial charge < -0.3 is 20.9 Å². The average molecular weight is 284 g/mol. The molecule has 6 nitrogen and oxygen atoms in total. The number of hydrogen-bond acceptors (Lipinski definition) is 4. The number of nitrogens with one attached hydrogen (secondary N) is 1. The molecule has 1 rings (SSSR count). The number of amides is 1. The van der Waals surface area contributed by atoms with Crippen molar-refractivity contribution in [2.45, 2.75) is 64.3 Å². The van der Waals surface area contributed by atoms with Gasteiger partial charge in [0.2, 0.25) is 5.91 Å². The first-order valence-corrected chi connectivity index (χ1v) is 7.01. The van der Waals surface area contributed by atoms with E-state index in [4.69, 9.17) is 15.6 Å². The van der Waals surface area contributed by atoms with Gasteiger partial charge in [-0.3, -0.25) is 4.79 Å². The third-order valence-electron chi connectivity index (χ3n) is 3.54. The standard InChI is InChI=1S/C14H24N2O4/c1-4-10(5-2)20-12-7-9(14(18)19)6-11(15)13(12)16-8(3)17/h7,10-13H,4-6,15H2,1-3H3,(H,16,17)(H,18,19)/t11-,12?,13-/m1/s1. The van der Waals surface area contributed by atoms with Gasteiger partial charge in [-0.15, -0.1) is 0 Å². The summed E-state index contributed by atoms with van der Waals surface area (Å²) in [5.41, 5.74) is 6.25. The van der Waals surface area contributed by atoms with Crippen LogP contribution in [0.4, 0.5) is 0 Å². The second-order valence-corrected chi connectivity index (χ2v) is 5.13. The van der Waals surface area contributed by atoms with Gasteiger partial charge in [0.1, 0.15) is 0 Å². The lowest BCUT2D eigenvalue weighted by atomic mass is 9.88. The number of ether oxygens (including phenoxy) is 1. The van der Waals surface area contributed by atoms with Crippen molar-refractivity contribution in [3.8, 4) is 0 Å². The van der Waals surface area contributed by atoms with Crippen LogP contribution in [-0.2, 0) is 14.3 Å². The predicted molar refractivity (Wildman–Crippen MR) is 75.2 cm³/mol. The van der Waals surface area contributed by atoms with Crippen LogP contribution in [0, 0.1) is 0 Å². The maximum Gasteiger partial charge on any atom is 0.331 e. The van der Waals surface area contributed by atoms with E-state index >= 15 is 0 Å². The molecule has 0 bridgehead atoms. The number of hydrogen-bond donors (Lipinski definition) is 3. The molecule has 114 valence electrons. The molecular formula is C14H24N2O4. The van der Waals surface area contributed by atoms with E-state index in [2.05, 4.69) is 5.32 Å². The molecule has 6 heteroatoms. The molecule has 1 aliphatic carbocycles. The van der Waals surface area contributed by atoms with Crippen molar-refractivity contribution < 1.29 is 19.4 Å². The Morgan fingerprint density at radius 1 is 1.50 bits per heavy atom. The van der Waals surface area contributed by atoms with Gasteiger partial charge in [-0.2, -0.15) is 0 Å². The smallest absolute Gasteiger partial charge is 0.331 e. The van der Waals surface area contributed by atoms with E-state index in [1.807, 2.05) is 13.8 Å². The highest BCUT2D eigenvalue weighted by molar-refractivity contribution is 5.87. The fourth-order valence-electron chi connectivity index (χ4n) is 2.40. The molecule has 0 radical (unpaired) electrons. The SMILES string of the molecule is CCC(CC)OC1C=C(C(=O)O)C[C@@H](N)[C@H]1NC(C)=O. The molecular weight excluding hydrogens is 260 g/mol. The lowest BCUT2D eigenvalue weighted by molar-refractivity contribution is -0.133. The molecule has 1 unspecified atom stereocenters. The molecule has 0 aromatic carbocycles. The minimum Gasteiger partial charge on any atom is -0.478 e. The van der Waals surface area contributed by atoms with Crippen molar-refractivity contribution in [2.75, 3.05) is 0 Å². The first-order valence-electron chi connectivity index (χ1n) is 7.01. The summed E-state index contributed by atoms with van der Waals surface area (Å²) in [6, 6.07) is -0.856. The van der Waals surface area contributed by atoms with Gasteiger partial charge in [-0.25, -0.2) is 4.79 Å². The highest BCUT2D eigenvalue weighted by atomic mass is 16.5. The molecule has 0 aromatic heterocycles. The predicted octanol–water partition coefficient (Wildman–Crippen LogP) is 0.807. The Balaban J connectivity index is 2.96. The number of rotatable bonds is 6. The fraction of sp³-hybridized carbons (Fsp3) is 0.714. The van der Waals surface area contributed by atoms with Gasteiger partial charge in [0.25, 0.3) is 0 Å². The first-order chi connectivity index (χ1) is 9.38. The van der Waals surface area contributed by atoms with E-state index < -0.39 is 24.2 Å². The Kier molecular flexibility index (Phi) is 6.16. The number of carboxylic acids is 1. The van der Waals surface area contributed by atoms with Crippen LogP contribution in [0.3, 0.4) is 0 Å². The van der Waals surface area contributed by atoms with Crippen LogP contribution in [-0.4, -0.2) is 41.3 Å². The Hall–Kier alpha value is -1.40. The molecule has 0 saturated heterocycles. The number of nitrogens with two attached hydrogens (primary N) is 1. The van der Waals surface area contributed by atoms with Crippen LogP contribution >= 0.6 is 0 Å². The largest absolute Gasteiger partial charge is 0.478 e. The maximum absolute atomic E-state index is 11.3. The number of carboxylic acid groups (broad SMARTS) is 1. The first kappa shape index (κ1) is 16.7. The molecule has 1 aliphatic rings. The zero-order valence-corrected chi connectivity index (χ0v) is 12.3. The van der Waals surface area contributed by atoms with E-state index in [0.717, 1.165) is 12.8 Å². The molecule has 4 N–H and O–H groups in total. The topological polar surface area (TPSA) is 102 Å². The monoisotopic (exact) mass is 284 g/mol. The second-order valence-electron chi connectivity index (χ2n) is 5.13. The molecule has 0 heterocycles. The lowest BCUT2D eigenvalue weighted by Gasteiger charge is -2.36.